The molecule has 28 heavy (non-hydrogen) atoms. The minimum atomic E-state index is -2.14. The van der Waals surface area contributed by atoms with Gasteiger partial charge in [-0.2, -0.15) is 0 Å². The van der Waals surface area contributed by atoms with Gasteiger partial charge in [-0.1, -0.05) is 45.2 Å². The number of aromatic nitrogens is 1. The smallest absolute Gasteiger partial charge is 0.144 e. The molecular weight excluding hydrogens is 389 g/mol. The summed E-state index contributed by atoms with van der Waals surface area (Å²) in [6, 6.07) is 9.98. The van der Waals surface area contributed by atoms with E-state index in [1.165, 1.54) is 31.0 Å². The number of pyridine rings is 1. The number of hydrogen-bond donors (Lipinski definition) is 0. The van der Waals surface area contributed by atoms with E-state index in [0.29, 0.717) is 5.02 Å². The van der Waals surface area contributed by atoms with Gasteiger partial charge >= 0.3 is 0 Å². The highest BCUT2D eigenvalue weighted by Crippen LogP contribution is 2.65. The van der Waals surface area contributed by atoms with E-state index in [9.17, 15) is 0 Å². The van der Waals surface area contributed by atoms with Gasteiger partial charge in [-0.25, -0.2) is 4.74 Å². The number of methoxy groups -OCH3 is 1. The quantitative estimate of drug-likeness (QED) is 0.531. The Hall–Kier alpha value is -1.35. The molecule has 2 heterocycles. The predicted octanol–water partition coefficient (Wildman–Crippen LogP) is 6.49. The molecule has 3 rings (SSSR count). The molecule has 152 valence electrons. The van der Waals surface area contributed by atoms with Crippen LogP contribution in [0.5, 0.6) is 5.75 Å². The fourth-order valence-corrected chi connectivity index (χ4v) is 8.58. The molecule has 0 bridgehead atoms. The highest BCUT2D eigenvalue weighted by Gasteiger charge is 2.41. The molecule has 1 atom stereocenters. The fourth-order valence-electron chi connectivity index (χ4n) is 4.04. The minimum Gasteiger partial charge on any atom is -0.494 e. The third-order valence-electron chi connectivity index (χ3n) is 5.34. The van der Waals surface area contributed by atoms with E-state index >= 15 is 0 Å². The van der Waals surface area contributed by atoms with E-state index in [2.05, 4.69) is 42.6 Å². The van der Waals surface area contributed by atoms with Crippen LogP contribution >= 0.6 is 18.8 Å². The molecule has 0 aliphatic carbocycles. The van der Waals surface area contributed by atoms with Crippen LogP contribution in [-0.2, 0) is 0 Å². The van der Waals surface area contributed by atoms with Crippen molar-refractivity contribution in [1.82, 2.24) is 9.65 Å². The first-order valence-corrected chi connectivity index (χ1v) is 12.1. The maximum absolute atomic E-state index is 6.35. The number of ether oxygens (including phenoxy) is 1. The summed E-state index contributed by atoms with van der Waals surface area (Å²) in [6.45, 7) is 9.07. The molecule has 1 saturated heterocycles. The van der Waals surface area contributed by atoms with Crippen LogP contribution in [0.4, 0.5) is 5.69 Å². The first-order chi connectivity index (χ1) is 13.4. The summed E-state index contributed by atoms with van der Waals surface area (Å²) >= 11 is 6.35. The molecule has 0 radical (unpaired) electrons. The van der Waals surface area contributed by atoms with Gasteiger partial charge in [-0.3, -0.25) is 9.65 Å². The molecule has 1 aliphatic rings. The van der Waals surface area contributed by atoms with Crippen molar-refractivity contribution in [3.8, 4) is 5.75 Å². The average Bonchev–Trinajstić information content (AvgIpc) is 2.95. The molecule has 4 nitrogen and oxygen atoms in total. The summed E-state index contributed by atoms with van der Waals surface area (Å²) in [7, 11) is -0.445. The first-order valence-electron chi connectivity index (χ1n) is 10.0. The first kappa shape index (κ1) is 21.4. The molecular formula is C22H31ClN3OP. The Balaban J connectivity index is 2.34. The molecule has 1 aromatic heterocycles. The zero-order valence-corrected chi connectivity index (χ0v) is 19.0. The SMILES string of the molecule is COc1ccc(Cl)cc1N=P(c1ccncc1)(N1CCCCCC1)C(C)(C)C. The third kappa shape index (κ3) is 4.30. The number of rotatable bonds is 4. The predicted molar refractivity (Wildman–Crippen MR) is 121 cm³/mol. The molecule has 0 saturated carbocycles. The van der Waals surface area contributed by atoms with E-state index in [1.54, 1.807) is 7.11 Å². The number of hydrogen-bond acceptors (Lipinski definition) is 3. The lowest BCUT2D eigenvalue weighted by molar-refractivity contribution is 0.416. The van der Waals surface area contributed by atoms with Gasteiger partial charge in [0.05, 0.1) is 14.3 Å². The summed E-state index contributed by atoms with van der Waals surface area (Å²) in [5, 5.41) is 1.89. The Kier molecular flexibility index (Phi) is 6.85. The lowest BCUT2D eigenvalue weighted by atomic mass is 10.2. The van der Waals surface area contributed by atoms with Crippen molar-refractivity contribution < 1.29 is 4.74 Å². The van der Waals surface area contributed by atoms with Crippen molar-refractivity contribution in [3.63, 3.8) is 0 Å². The van der Waals surface area contributed by atoms with E-state index < -0.39 is 7.21 Å². The Morgan fingerprint density at radius 2 is 1.68 bits per heavy atom. The summed E-state index contributed by atoms with van der Waals surface area (Å²) in [5.74, 6) is 0.766. The van der Waals surface area contributed by atoms with Crippen LogP contribution in [0.15, 0.2) is 47.5 Å². The standard InChI is InChI=1S/C22H31ClN3OP/c1-22(2,3)28(19-11-13-24-14-12-19,26-15-7-5-6-8-16-26)25-20-17-18(23)9-10-21(20)27-4/h9-14,17H,5-8,15-16H2,1-4H3. The van der Waals surface area contributed by atoms with Crippen LogP contribution in [0.25, 0.3) is 0 Å². The highest BCUT2D eigenvalue weighted by molar-refractivity contribution is 7.73. The van der Waals surface area contributed by atoms with Gasteiger partial charge in [-0.05, 0) is 43.2 Å². The van der Waals surface area contributed by atoms with E-state index in [0.717, 1.165) is 24.5 Å². The van der Waals surface area contributed by atoms with Gasteiger partial charge in [0.1, 0.15) is 11.4 Å². The van der Waals surface area contributed by atoms with E-state index in [-0.39, 0.29) is 5.16 Å². The largest absolute Gasteiger partial charge is 0.494 e. The molecule has 1 unspecified atom stereocenters. The molecule has 0 N–H and O–H groups in total. The van der Waals surface area contributed by atoms with E-state index in [1.807, 2.05) is 30.6 Å². The normalized spacial score (nSPS) is 18.2. The summed E-state index contributed by atoms with van der Waals surface area (Å²) in [4.78, 5) is 4.27. The van der Waals surface area contributed by atoms with Gasteiger partial charge in [-0.15, -0.1) is 0 Å². The van der Waals surface area contributed by atoms with Crippen molar-refractivity contribution in [2.75, 3.05) is 20.2 Å². The van der Waals surface area contributed by atoms with Crippen molar-refractivity contribution in [2.24, 2.45) is 4.74 Å². The fraction of sp³-hybridized carbons (Fsp3) is 0.500. The Morgan fingerprint density at radius 1 is 1.04 bits per heavy atom. The topological polar surface area (TPSA) is 37.7 Å². The second-order valence-corrected chi connectivity index (χ2v) is 12.5. The third-order valence-corrected chi connectivity index (χ3v) is 10.2. The van der Waals surface area contributed by atoms with Crippen LogP contribution in [0.2, 0.25) is 5.02 Å². The zero-order chi connectivity index (χ0) is 20.2. The van der Waals surface area contributed by atoms with Gasteiger partial charge in [0.15, 0.2) is 0 Å². The number of benzene rings is 1. The van der Waals surface area contributed by atoms with Crippen LogP contribution in [0, 0.1) is 0 Å². The Bertz CT molecular complexity index is 841. The molecule has 0 spiro atoms. The maximum Gasteiger partial charge on any atom is 0.144 e. The van der Waals surface area contributed by atoms with Crippen molar-refractivity contribution >= 4 is 29.8 Å². The van der Waals surface area contributed by atoms with Gasteiger partial charge in [0, 0.05) is 41.0 Å². The number of halogens is 1. The summed E-state index contributed by atoms with van der Waals surface area (Å²) in [5.41, 5.74) is 0.833. The van der Waals surface area contributed by atoms with Crippen LogP contribution in [0.3, 0.4) is 0 Å². The monoisotopic (exact) mass is 419 g/mol. The average molecular weight is 420 g/mol. The molecule has 1 aliphatic heterocycles. The van der Waals surface area contributed by atoms with Gasteiger partial charge in [0.25, 0.3) is 0 Å². The molecule has 2 aromatic rings. The lowest BCUT2D eigenvalue weighted by Crippen LogP contribution is -2.37. The molecule has 1 fully saturated rings. The maximum atomic E-state index is 6.35. The van der Waals surface area contributed by atoms with Crippen molar-refractivity contribution in [3.05, 3.63) is 47.7 Å². The zero-order valence-electron chi connectivity index (χ0n) is 17.4. The summed E-state index contributed by atoms with van der Waals surface area (Å²) in [6.07, 6.45) is 8.78. The van der Waals surface area contributed by atoms with Crippen LogP contribution in [0.1, 0.15) is 46.5 Å². The Labute approximate surface area is 174 Å². The van der Waals surface area contributed by atoms with Crippen LogP contribution in [-0.4, -0.2) is 35.0 Å². The minimum absolute atomic E-state index is 0.0496. The highest BCUT2D eigenvalue weighted by atomic mass is 35.5. The lowest BCUT2D eigenvalue weighted by Gasteiger charge is -2.45. The second-order valence-electron chi connectivity index (χ2n) is 8.26. The number of nitrogens with zero attached hydrogens (tertiary/aromatic N) is 3. The molecule has 1 aromatic carbocycles. The van der Waals surface area contributed by atoms with Crippen molar-refractivity contribution in [1.29, 1.82) is 0 Å². The Morgan fingerprint density at radius 3 is 2.25 bits per heavy atom. The molecule has 6 heteroatoms. The summed E-state index contributed by atoms with van der Waals surface area (Å²) < 4.78 is 13.8. The van der Waals surface area contributed by atoms with Gasteiger partial charge in [0.2, 0.25) is 0 Å². The van der Waals surface area contributed by atoms with Crippen molar-refractivity contribution in [2.45, 2.75) is 51.6 Å². The van der Waals surface area contributed by atoms with E-state index in [4.69, 9.17) is 21.1 Å². The van der Waals surface area contributed by atoms with Gasteiger partial charge < -0.3 is 4.74 Å². The second kappa shape index (κ2) is 8.98. The molecule has 0 amide bonds. The van der Waals surface area contributed by atoms with Crippen LogP contribution < -0.4 is 10.0 Å².